The number of nitrogens with zero attached hydrogens (tertiary/aromatic N) is 1. The third-order valence-corrected chi connectivity index (χ3v) is 6.10. The molecule has 3 rings (SSSR count). The van der Waals surface area contributed by atoms with Crippen molar-refractivity contribution in [1.29, 1.82) is 0 Å². The van der Waals surface area contributed by atoms with E-state index in [9.17, 15) is 8.42 Å². The molecule has 0 aliphatic carbocycles. The topological polar surface area (TPSA) is 58.6 Å². The third-order valence-electron chi connectivity index (χ3n) is 4.78. The molecule has 140 valence electrons. The summed E-state index contributed by atoms with van der Waals surface area (Å²) in [5, 5.41) is 0. The molecule has 6 heteroatoms. The Morgan fingerprint density at radius 1 is 1.04 bits per heavy atom. The van der Waals surface area contributed by atoms with Gasteiger partial charge in [0.2, 0.25) is 10.0 Å². The number of hydrogen-bond donors (Lipinski definition) is 1. The van der Waals surface area contributed by atoms with Gasteiger partial charge in [0.05, 0.1) is 12.9 Å². The van der Waals surface area contributed by atoms with E-state index >= 15 is 0 Å². The number of likely N-dealkylation sites (tertiary alicyclic amines) is 1. The molecule has 0 amide bonds. The molecule has 2 aromatic carbocycles. The number of methoxy groups -OCH3 is 1. The Kier molecular flexibility index (Phi) is 6.29. The van der Waals surface area contributed by atoms with E-state index in [0.29, 0.717) is 6.54 Å². The average molecular weight is 375 g/mol. The predicted octanol–water partition coefficient (Wildman–Crippen LogP) is 2.95. The molecule has 1 N–H and O–H groups in total. The lowest BCUT2D eigenvalue weighted by Crippen LogP contribution is -2.37. The van der Waals surface area contributed by atoms with Crippen LogP contribution in [-0.2, 0) is 15.8 Å². The smallest absolute Gasteiger partial charge is 0.215 e. The number of benzene rings is 2. The number of hydrogen-bond acceptors (Lipinski definition) is 4. The van der Waals surface area contributed by atoms with Crippen molar-refractivity contribution < 1.29 is 13.2 Å². The van der Waals surface area contributed by atoms with Crippen molar-refractivity contribution in [2.75, 3.05) is 26.7 Å². The Hall–Kier alpha value is -1.89. The molecule has 0 bridgehead atoms. The summed E-state index contributed by atoms with van der Waals surface area (Å²) in [4.78, 5) is 2.35. The maximum atomic E-state index is 12.5. The summed E-state index contributed by atoms with van der Waals surface area (Å²) in [5.41, 5.74) is 1.90. The van der Waals surface area contributed by atoms with Crippen LogP contribution in [0.3, 0.4) is 0 Å². The first kappa shape index (κ1) is 18.9. The maximum Gasteiger partial charge on any atom is 0.215 e. The molecule has 0 spiro atoms. The molecule has 1 heterocycles. The Morgan fingerprint density at radius 2 is 1.69 bits per heavy atom. The van der Waals surface area contributed by atoms with Gasteiger partial charge in [-0.3, -0.25) is 4.90 Å². The second-order valence-electron chi connectivity index (χ2n) is 6.63. The Labute approximate surface area is 156 Å². The van der Waals surface area contributed by atoms with Gasteiger partial charge in [0, 0.05) is 12.6 Å². The summed E-state index contributed by atoms with van der Waals surface area (Å²) in [5.74, 6) is 0.807. The van der Waals surface area contributed by atoms with Crippen LogP contribution in [0.1, 0.15) is 30.0 Å². The summed E-state index contributed by atoms with van der Waals surface area (Å²) < 4.78 is 33.0. The van der Waals surface area contributed by atoms with E-state index in [1.54, 1.807) is 7.11 Å². The van der Waals surface area contributed by atoms with Gasteiger partial charge in [0.25, 0.3) is 0 Å². The minimum Gasteiger partial charge on any atom is -0.497 e. The van der Waals surface area contributed by atoms with E-state index in [4.69, 9.17) is 4.74 Å². The van der Waals surface area contributed by atoms with Crippen LogP contribution in [0.2, 0.25) is 0 Å². The Bertz CT molecular complexity index is 786. The lowest BCUT2D eigenvalue weighted by atomic mass is 10.1. The van der Waals surface area contributed by atoms with Gasteiger partial charge in [-0.25, -0.2) is 13.1 Å². The van der Waals surface area contributed by atoms with Gasteiger partial charge in [0.1, 0.15) is 5.75 Å². The van der Waals surface area contributed by atoms with Crippen molar-refractivity contribution in [2.45, 2.75) is 24.6 Å². The average Bonchev–Trinajstić information content (AvgIpc) is 3.17. The molecule has 0 aromatic heterocycles. The molecule has 1 atom stereocenters. The summed E-state index contributed by atoms with van der Waals surface area (Å²) in [7, 11) is -1.74. The fraction of sp³-hybridized carbons (Fsp3) is 0.400. The molecule has 2 aromatic rings. The highest BCUT2D eigenvalue weighted by molar-refractivity contribution is 7.88. The van der Waals surface area contributed by atoms with E-state index in [-0.39, 0.29) is 11.8 Å². The van der Waals surface area contributed by atoms with Crippen molar-refractivity contribution in [3.8, 4) is 5.75 Å². The summed E-state index contributed by atoms with van der Waals surface area (Å²) in [6.45, 7) is 2.37. The quantitative estimate of drug-likeness (QED) is 0.772. The van der Waals surface area contributed by atoms with E-state index in [2.05, 4.69) is 9.62 Å². The number of sulfonamides is 1. The first-order chi connectivity index (χ1) is 12.6. The summed E-state index contributed by atoms with van der Waals surface area (Å²) >= 11 is 0. The van der Waals surface area contributed by atoms with Crippen molar-refractivity contribution in [1.82, 2.24) is 9.62 Å². The second-order valence-corrected chi connectivity index (χ2v) is 8.43. The van der Waals surface area contributed by atoms with Crippen molar-refractivity contribution >= 4 is 10.0 Å². The highest BCUT2D eigenvalue weighted by atomic mass is 32.2. The van der Waals surface area contributed by atoms with Crippen molar-refractivity contribution in [2.24, 2.45) is 0 Å². The molecule has 1 fully saturated rings. The van der Waals surface area contributed by atoms with Crippen molar-refractivity contribution in [3.63, 3.8) is 0 Å². The Morgan fingerprint density at radius 3 is 2.31 bits per heavy atom. The zero-order chi connectivity index (χ0) is 18.4. The molecule has 0 radical (unpaired) electrons. The van der Waals surface area contributed by atoms with Gasteiger partial charge in [-0.1, -0.05) is 42.5 Å². The van der Waals surface area contributed by atoms with E-state index in [1.165, 1.54) is 0 Å². The Balaban J connectivity index is 1.71. The molecule has 0 unspecified atom stereocenters. The molecule has 1 aliphatic rings. The van der Waals surface area contributed by atoms with Gasteiger partial charge in [-0.05, 0) is 49.2 Å². The number of ether oxygens (including phenoxy) is 1. The molecule has 26 heavy (non-hydrogen) atoms. The van der Waals surface area contributed by atoms with Crippen LogP contribution in [0, 0.1) is 0 Å². The second kappa shape index (κ2) is 8.66. The molecule has 5 nitrogen and oxygen atoms in total. The van der Waals surface area contributed by atoms with Crippen LogP contribution in [0.5, 0.6) is 5.75 Å². The normalized spacial score (nSPS) is 16.5. The van der Waals surface area contributed by atoms with E-state index < -0.39 is 10.0 Å². The molecule has 1 saturated heterocycles. The summed E-state index contributed by atoms with van der Waals surface area (Å²) in [6.07, 6.45) is 2.31. The minimum absolute atomic E-state index is 0.00315. The highest BCUT2D eigenvalue weighted by Crippen LogP contribution is 2.26. The molecule has 0 saturated carbocycles. The zero-order valence-electron chi connectivity index (χ0n) is 15.1. The first-order valence-electron chi connectivity index (χ1n) is 8.97. The van der Waals surface area contributed by atoms with Gasteiger partial charge >= 0.3 is 0 Å². The van der Waals surface area contributed by atoms with Crippen molar-refractivity contribution in [3.05, 3.63) is 65.7 Å². The maximum absolute atomic E-state index is 12.5. The van der Waals surface area contributed by atoms with Crippen LogP contribution in [-0.4, -0.2) is 40.1 Å². The first-order valence-corrected chi connectivity index (χ1v) is 10.6. The standard InChI is InChI=1S/C20H26N2O3S/c1-25-19-11-9-18(10-12-19)20(22-13-5-6-14-22)15-21-26(23,24)16-17-7-3-2-4-8-17/h2-4,7-12,20-21H,5-6,13-16H2,1H3/t20-/m0/s1. The molecular formula is C20H26N2O3S. The molecule has 1 aliphatic heterocycles. The fourth-order valence-electron chi connectivity index (χ4n) is 3.39. The number of nitrogens with one attached hydrogen (secondary N) is 1. The zero-order valence-corrected chi connectivity index (χ0v) is 15.9. The van der Waals surface area contributed by atoms with E-state index in [1.807, 2.05) is 54.6 Å². The third kappa shape index (κ3) is 5.06. The highest BCUT2D eigenvalue weighted by Gasteiger charge is 2.25. The van der Waals surface area contributed by atoms with Crippen LogP contribution >= 0.6 is 0 Å². The predicted molar refractivity (Wildman–Crippen MR) is 104 cm³/mol. The summed E-state index contributed by atoms with van der Waals surface area (Å²) in [6, 6.07) is 17.2. The van der Waals surface area contributed by atoms with Gasteiger partial charge < -0.3 is 4.74 Å². The molecular weight excluding hydrogens is 348 g/mol. The lowest BCUT2D eigenvalue weighted by Gasteiger charge is -2.28. The van der Waals surface area contributed by atoms with E-state index in [0.717, 1.165) is 42.8 Å². The van der Waals surface area contributed by atoms with Gasteiger partial charge in [0.15, 0.2) is 0 Å². The monoisotopic (exact) mass is 374 g/mol. The van der Waals surface area contributed by atoms with Crippen LogP contribution in [0.4, 0.5) is 0 Å². The lowest BCUT2D eigenvalue weighted by molar-refractivity contribution is 0.246. The van der Waals surface area contributed by atoms with Crippen LogP contribution < -0.4 is 9.46 Å². The van der Waals surface area contributed by atoms with Crippen LogP contribution in [0.25, 0.3) is 0 Å². The fourth-order valence-corrected chi connectivity index (χ4v) is 4.53. The largest absolute Gasteiger partial charge is 0.497 e. The van der Waals surface area contributed by atoms with Gasteiger partial charge in [-0.15, -0.1) is 0 Å². The van der Waals surface area contributed by atoms with Crippen LogP contribution in [0.15, 0.2) is 54.6 Å². The SMILES string of the molecule is COc1ccc([C@H](CNS(=O)(=O)Cc2ccccc2)N2CCCC2)cc1. The number of rotatable bonds is 8. The van der Waals surface area contributed by atoms with Gasteiger partial charge in [-0.2, -0.15) is 0 Å². The minimum atomic E-state index is -3.38.